The van der Waals surface area contributed by atoms with Crippen molar-refractivity contribution in [3.8, 4) is 0 Å². The number of benzene rings is 2. The fraction of sp³-hybridized carbons (Fsp3) is 0.286. The third kappa shape index (κ3) is 6.65. The maximum atomic E-state index is 12.3. The molecule has 7 nitrogen and oxygen atoms in total. The van der Waals surface area contributed by atoms with Gasteiger partial charge in [-0.3, -0.25) is 9.69 Å². The molecule has 2 aromatic carbocycles. The first-order valence-corrected chi connectivity index (χ1v) is 12.0. The Kier molecular flexibility index (Phi) is 7.76. The first kappa shape index (κ1) is 22.0. The molecule has 0 atom stereocenters. The Hall–Kier alpha value is -2.17. The third-order valence-electron chi connectivity index (χ3n) is 4.60. The van der Waals surface area contributed by atoms with Crippen LogP contribution in [0.2, 0.25) is 5.02 Å². The van der Waals surface area contributed by atoms with E-state index in [0.717, 1.165) is 44.2 Å². The van der Waals surface area contributed by atoms with Crippen molar-refractivity contribution in [1.82, 2.24) is 15.1 Å². The summed E-state index contributed by atoms with van der Waals surface area (Å²) in [6.07, 6.45) is 0. The predicted octanol–water partition coefficient (Wildman–Crippen LogP) is 4.50. The molecule has 1 fully saturated rings. The van der Waals surface area contributed by atoms with E-state index in [1.165, 1.54) is 28.7 Å². The van der Waals surface area contributed by atoms with Gasteiger partial charge in [0.05, 0.1) is 29.7 Å². The van der Waals surface area contributed by atoms with Crippen molar-refractivity contribution in [3.63, 3.8) is 0 Å². The highest BCUT2D eigenvalue weighted by Crippen LogP contribution is 2.30. The molecule has 3 aromatic rings. The number of carbonyl (C=O) groups excluding carboxylic acids is 1. The van der Waals surface area contributed by atoms with Gasteiger partial charge in [-0.2, -0.15) is 0 Å². The van der Waals surface area contributed by atoms with Crippen molar-refractivity contribution >= 4 is 57.1 Å². The molecule has 0 unspecified atom stereocenters. The van der Waals surface area contributed by atoms with Crippen molar-refractivity contribution in [2.45, 2.75) is 10.9 Å². The Morgan fingerprint density at radius 1 is 1.13 bits per heavy atom. The van der Waals surface area contributed by atoms with Gasteiger partial charge < -0.3 is 15.4 Å². The number of thioether (sulfide) groups is 1. The molecule has 0 spiro atoms. The van der Waals surface area contributed by atoms with E-state index in [2.05, 4.69) is 37.9 Å². The summed E-state index contributed by atoms with van der Waals surface area (Å²) in [6.45, 7) is 4.39. The summed E-state index contributed by atoms with van der Waals surface area (Å²) < 4.78 is 6.09. The lowest BCUT2D eigenvalue weighted by atomic mass is 10.2. The zero-order valence-corrected chi connectivity index (χ0v) is 19.1. The molecule has 0 bridgehead atoms. The van der Waals surface area contributed by atoms with Gasteiger partial charge in [-0.25, -0.2) is 0 Å². The van der Waals surface area contributed by atoms with Gasteiger partial charge in [0, 0.05) is 25.3 Å². The summed E-state index contributed by atoms with van der Waals surface area (Å²) in [4.78, 5) is 14.7. The van der Waals surface area contributed by atoms with E-state index < -0.39 is 0 Å². The Balaban J connectivity index is 1.23. The van der Waals surface area contributed by atoms with Gasteiger partial charge in [-0.1, -0.05) is 59.0 Å². The lowest BCUT2D eigenvalue weighted by Gasteiger charge is -2.26. The van der Waals surface area contributed by atoms with Crippen LogP contribution in [0.5, 0.6) is 0 Å². The molecular weight excluding hydrogens is 454 g/mol. The number of hydrogen-bond acceptors (Lipinski definition) is 8. The fourth-order valence-corrected chi connectivity index (χ4v) is 4.78. The number of ether oxygens (including phenoxy) is 1. The smallest absolute Gasteiger partial charge is 0.234 e. The number of hydrogen-bond donors (Lipinski definition) is 2. The lowest BCUT2D eigenvalue weighted by molar-refractivity contribution is -0.113. The molecule has 1 aromatic heterocycles. The summed E-state index contributed by atoms with van der Waals surface area (Å²) in [5.41, 5.74) is 2.78. The summed E-state index contributed by atoms with van der Waals surface area (Å²) in [7, 11) is 0. The van der Waals surface area contributed by atoms with Crippen molar-refractivity contribution < 1.29 is 9.53 Å². The Labute approximate surface area is 194 Å². The number of nitrogens with one attached hydrogen (secondary N) is 2. The fourth-order valence-electron chi connectivity index (χ4n) is 3.03. The predicted molar refractivity (Wildman–Crippen MR) is 127 cm³/mol. The standard InChI is InChI=1S/C21H22ClN5O2S2/c22-17-3-1-2-4-18(17)24-20-25-26-21(31-20)30-14-19(28)23-16-7-5-15(6-8-16)13-27-9-11-29-12-10-27/h1-8H,9-14H2,(H,23,28)(H,24,25). The number of nitrogens with zero attached hydrogens (tertiary/aromatic N) is 3. The van der Waals surface area contributed by atoms with Gasteiger partial charge in [0.25, 0.3) is 0 Å². The molecule has 0 aliphatic carbocycles. The van der Waals surface area contributed by atoms with Crippen molar-refractivity contribution in [3.05, 3.63) is 59.1 Å². The maximum Gasteiger partial charge on any atom is 0.234 e. The molecular formula is C21H22ClN5O2S2. The van der Waals surface area contributed by atoms with Gasteiger partial charge in [0.2, 0.25) is 11.0 Å². The highest BCUT2D eigenvalue weighted by molar-refractivity contribution is 8.01. The zero-order chi connectivity index (χ0) is 21.5. The topological polar surface area (TPSA) is 79.4 Å². The average Bonchev–Trinajstić information content (AvgIpc) is 3.23. The van der Waals surface area contributed by atoms with Crippen LogP contribution in [-0.2, 0) is 16.1 Å². The minimum absolute atomic E-state index is 0.0817. The minimum atomic E-state index is -0.0817. The van der Waals surface area contributed by atoms with Crippen LogP contribution in [0.3, 0.4) is 0 Å². The van der Waals surface area contributed by atoms with Gasteiger partial charge in [-0.15, -0.1) is 10.2 Å². The van der Waals surface area contributed by atoms with E-state index in [0.29, 0.717) is 14.5 Å². The van der Waals surface area contributed by atoms with E-state index in [1.807, 2.05) is 30.3 Å². The number of para-hydroxylation sites is 1. The maximum absolute atomic E-state index is 12.3. The van der Waals surface area contributed by atoms with Gasteiger partial charge in [0.1, 0.15) is 0 Å². The van der Waals surface area contributed by atoms with Crippen molar-refractivity contribution in [2.24, 2.45) is 0 Å². The number of anilines is 3. The summed E-state index contributed by atoms with van der Waals surface area (Å²) >= 11 is 8.88. The molecule has 1 saturated heterocycles. The Morgan fingerprint density at radius 2 is 1.90 bits per heavy atom. The molecule has 0 saturated carbocycles. The largest absolute Gasteiger partial charge is 0.379 e. The van der Waals surface area contributed by atoms with Gasteiger partial charge in [-0.05, 0) is 29.8 Å². The number of aromatic nitrogens is 2. The molecule has 4 rings (SSSR count). The average molecular weight is 476 g/mol. The summed E-state index contributed by atoms with van der Waals surface area (Å²) in [5, 5.41) is 15.5. The van der Waals surface area contributed by atoms with Crippen LogP contribution < -0.4 is 10.6 Å². The van der Waals surface area contributed by atoms with E-state index >= 15 is 0 Å². The first-order valence-electron chi connectivity index (χ1n) is 9.82. The SMILES string of the molecule is O=C(CSc1nnc(Nc2ccccc2Cl)s1)Nc1ccc(CN2CCOCC2)cc1. The molecule has 1 aliphatic heterocycles. The number of morpholine rings is 1. The van der Waals surface area contributed by atoms with Crippen LogP contribution in [-0.4, -0.2) is 53.1 Å². The molecule has 0 radical (unpaired) electrons. The number of amides is 1. The highest BCUT2D eigenvalue weighted by Gasteiger charge is 2.12. The third-order valence-corrected chi connectivity index (χ3v) is 6.90. The van der Waals surface area contributed by atoms with Crippen LogP contribution in [0, 0.1) is 0 Å². The first-order chi connectivity index (χ1) is 15.2. The van der Waals surface area contributed by atoms with E-state index in [9.17, 15) is 4.79 Å². The van der Waals surface area contributed by atoms with Crippen LogP contribution in [0.25, 0.3) is 0 Å². The van der Waals surface area contributed by atoms with E-state index in [-0.39, 0.29) is 11.7 Å². The van der Waals surface area contributed by atoms with Crippen LogP contribution >= 0.6 is 34.7 Å². The quantitative estimate of drug-likeness (QED) is 0.464. The number of carbonyl (C=O) groups is 1. The van der Waals surface area contributed by atoms with Gasteiger partial charge >= 0.3 is 0 Å². The minimum Gasteiger partial charge on any atom is -0.379 e. The van der Waals surface area contributed by atoms with Crippen LogP contribution in [0.1, 0.15) is 5.56 Å². The summed E-state index contributed by atoms with van der Waals surface area (Å²) in [6, 6.07) is 15.4. The van der Waals surface area contributed by atoms with Crippen LogP contribution in [0.15, 0.2) is 52.9 Å². The molecule has 31 heavy (non-hydrogen) atoms. The normalized spacial score (nSPS) is 14.4. The molecule has 2 N–H and O–H groups in total. The zero-order valence-electron chi connectivity index (χ0n) is 16.7. The second kappa shape index (κ2) is 10.9. The Morgan fingerprint density at radius 3 is 2.68 bits per heavy atom. The number of rotatable bonds is 8. The van der Waals surface area contributed by atoms with Gasteiger partial charge in [0.15, 0.2) is 4.34 Å². The monoisotopic (exact) mass is 475 g/mol. The lowest BCUT2D eigenvalue weighted by Crippen LogP contribution is -2.35. The second-order valence-electron chi connectivity index (χ2n) is 6.90. The van der Waals surface area contributed by atoms with E-state index in [1.54, 1.807) is 6.07 Å². The summed E-state index contributed by atoms with van der Waals surface area (Å²) in [5.74, 6) is 0.178. The highest BCUT2D eigenvalue weighted by atomic mass is 35.5. The number of halogens is 1. The second-order valence-corrected chi connectivity index (χ2v) is 9.51. The van der Waals surface area contributed by atoms with Crippen molar-refractivity contribution in [2.75, 3.05) is 42.7 Å². The Bertz CT molecular complexity index is 1010. The van der Waals surface area contributed by atoms with E-state index in [4.69, 9.17) is 16.3 Å². The molecule has 1 amide bonds. The van der Waals surface area contributed by atoms with Crippen LogP contribution in [0.4, 0.5) is 16.5 Å². The van der Waals surface area contributed by atoms with Crippen molar-refractivity contribution in [1.29, 1.82) is 0 Å². The molecule has 10 heteroatoms. The molecule has 162 valence electrons. The molecule has 2 heterocycles. The molecule has 1 aliphatic rings.